The molecule has 1 aliphatic rings. The third-order valence-corrected chi connectivity index (χ3v) is 5.33. The van der Waals surface area contributed by atoms with E-state index in [-0.39, 0.29) is 5.91 Å². The number of ether oxygens (including phenoxy) is 1. The van der Waals surface area contributed by atoms with Crippen molar-refractivity contribution < 1.29 is 9.53 Å². The summed E-state index contributed by atoms with van der Waals surface area (Å²) in [4.78, 5) is 21.1. The summed E-state index contributed by atoms with van der Waals surface area (Å²) in [6.07, 6.45) is 3.85. The molecular formula is C24H28N6O2. The highest BCUT2D eigenvalue weighted by atomic mass is 16.5. The van der Waals surface area contributed by atoms with Crippen LogP contribution in [0, 0.1) is 0 Å². The van der Waals surface area contributed by atoms with Gasteiger partial charge in [-0.05, 0) is 55.0 Å². The monoisotopic (exact) mass is 432 g/mol. The topological polar surface area (TPSA) is 83.5 Å². The molecule has 32 heavy (non-hydrogen) atoms. The normalized spacial score (nSPS) is 13.7. The second-order valence-electron chi connectivity index (χ2n) is 7.62. The van der Waals surface area contributed by atoms with Crippen molar-refractivity contribution in [3.05, 3.63) is 66.4 Å². The van der Waals surface area contributed by atoms with E-state index in [1.807, 2.05) is 59.5 Å². The van der Waals surface area contributed by atoms with Crippen LogP contribution in [0.5, 0.6) is 5.75 Å². The number of nitrogens with zero attached hydrogens (tertiary/aromatic N) is 5. The van der Waals surface area contributed by atoms with Gasteiger partial charge in [0.05, 0.1) is 6.61 Å². The molecule has 1 amide bonds. The maximum Gasteiger partial charge on any atom is 0.253 e. The fourth-order valence-electron chi connectivity index (χ4n) is 3.48. The standard InChI is InChI=1S/C24H28N6O2/c1-2-3-18-32-20-9-7-19(8-10-20)24(31)30-16-14-29(15-17-30)23-12-11-22(27-28-23)26-21-6-4-5-13-25-21/h4-13H,2-3,14-18H2,1H3,(H,25,26,27). The maximum absolute atomic E-state index is 12.9. The zero-order valence-corrected chi connectivity index (χ0v) is 18.3. The van der Waals surface area contributed by atoms with Crippen molar-refractivity contribution in [2.75, 3.05) is 43.0 Å². The summed E-state index contributed by atoms with van der Waals surface area (Å²) in [6, 6.07) is 16.9. The molecule has 8 heteroatoms. The number of carbonyl (C=O) groups excluding carboxylic acids is 1. The van der Waals surface area contributed by atoms with Gasteiger partial charge in [-0.15, -0.1) is 10.2 Å². The first kappa shape index (κ1) is 21.5. The lowest BCUT2D eigenvalue weighted by atomic mass is 10.1. The molecule has 1 aliphatic heterocycles. The first-order chi connectivity index (χ1) is 15.7. The zero-order valence-electron chi connectivity index (χ0n) is 18.3. The summed E-state index contributed by atoms with van der Waals surface area (Å²) in [5.74, 6) is 3.02. The average Bonchev–Trinajstić information content (AvgIpc) is 2.85. The number of carbonyl (C=O) groups is 1. The molecule has 0 atom stereocenters. The minimum absolute atomic E-state index is 0.0470. The molecule has 4 rings (SSSR count). The fraction of sp³-hybridized carbons (Fsp3) is 0.333. The Morgan fingerprint density at radius 2 is 1.78 bits per heavy atom. The molecule has 0 spiro atoms. The Bertz CT molecular complexity index is 987. The molecule has 166 valence electrons. The predicted octanol–water partition coefficient (Wildman–Crippen LogP) is 3.76. The van der Waals surface area contributed by atoms with Gasteiger partial charge in [0.1, 0.15) is 11.6 Å². The van der Waals surface area contributed by atoms with E-state index in [1.165, 1.54) is 0 Å². The Balaban J connectivity index is 1.28. The highest BCUT2D eigenvalue weighted by molar-refractivity contribution is 5.94. The lowest BCUT2D eigenvalue weighted by Gasteiger charge is -2.35. The van der Waals surface area contributed by atoms with Gasteiger partial charge in [-0.3, -0.25) is 4.79 Å². The number of hydrogen-bond acceptors (Lipinski definition) is 7. The smallest absolute Gasteiger partial charge is 0.253 e. The molecule has 2 aromatic heterocycles. The van der Waals surface area contributed by atoms with Gasteiger partial charge in [0.15, 0.2) is 11.6 Å². The van der Waals surface area contributed by atoms with Gasteiger partial charge in [-0.25, -0.2) is 4.98 Å². The number of unbranched alkanes of at least 4 members (excludes halogenated alkanes) is 1. The number of nitrogens with one attached hydrogen (secondary N) is 1. The average molecular weight is 433 g/mol. The van der Waals surface area contributed by atoms with Crippen molar-refractivity contribution >= 4 is 23.4 Å². The van der Waals surface area contributed by atoms with Gasteiger partial charge >= 0.3 is 0 Å². The van der Waals surface area contributed by atoms with Crippen LogP contribution in [0.25, 0.3) is 0 Å². The van der Waals surface area contributed by atoms with Crippen LogP contribution in [0.4, 0.5) is 17.5 Å². The van der Waals surface area contributed by atoms with Crippen molar-refractivity contribution in [3.63, 3.8) is 0 Å². The Morgan fingerprint density at radius 1 is 0.969 bits per heavy atom. The summed E-state index contributed by atoms with van der Waals surface area (Å²) in [5.41, 5.74) is 0.686. The SMILES string of the molecule is CCCCOc1ccc(C(=O)N2CCN(c3ccc(Nc4ccccn4)nn3)CC2)cc1. The third kappa shape index (κ3) is 5.51. The van der Waals surface area contributed by atoms with Crippen LogP contribution in [0.2, 0.25) is 0 Å². The van der Waals surface area contributed by atoms with E-state index in [0.29, 0.717) is 44.2 Å². The number of amides is 1. The van der Waals surface area contributed by atoms with E-state index in [4.69, 9.17) is 4.74 Å². The lowest BCUT2D eigenvalue weighted by molar-refractivity contribution is 0.0746. The fourth-order valence-corrected chi connectivity index (χ4v) is 3.48. The van der Waals surface area contributed by atoms with Crippen molar-refractivity contribution in [2.24, 2.45) is 0 Å². The Kier molecular flexibility index (Phi) is 7.12. The molecule has 0 radical (unpaired) electrons. The van der Waals surface area contributed by atoms with E-state index in [2.05, 4.69) is 32.3 Å². The zero-order chi connectivity index (χ0) is 22.2. The van der Waals surface area contributed by atoms with Crippen LogP contribution < -0.4 is 15.0 Å². The number of piperazine rings is 1. The van der Waals surface area contributed by atoms with Crippen LogP contribution in [0.1, 0.15) is 30.1 Å². The second-order valence-corrected chi connectivity index (χ2v) is 7.62. The van der Waals surface area contributed by atoms with Gasteiger partial charge in [0, 0.05) is 37.9 Å². The van der Waals surface area contributed by atoms with E-state index < -0.39 is 0 Å². The Morgan fingerprint density at radius 3 is 2.44 bits per heavy atom. The summed E-state index contributed by atoms with van der Waals surface area (Å²) in [7, 11) is 0. The number of hydrogen-bond donors (Lipinski definition) is 1. The van der Waals surface area contributed by atoms with Gasteiger partial charge in [-0.2, -0.15) is 0 Å². The summed E-state index contributed by atoms with van der Waals surface area (Å²) >= 11 is 0. The predicted molar refractivity (Wildman–Crippen MR) is 125 cm³/mol. The minimum Gasteiger partial charge on any atom is -0.494 e. The lowest BCUT2D eigenvalue weighted by Crippen LogP contribution is -2.49. The van der Waals surface area contributed by atoms with Gasteiger partial charge in [0.2, 0.25) is 0 Å². The number of rotatable bonds is 8. The van der Waals surface area contributed by atoms with Crippen LogP contribution in [0.3, 0.4) is 0 Å². The highest BCUT2D eigenvalue weighted by Gasteiger charge is 2.23. The van der Waals surface area contributed by atoms with Crippen LogP contribution >= 0.6 is 0 Å². The van der Waals surface area contributed by atoms with Crippen molar-refractivity contribution in [3.8, 4) is 5.75 Å². The van der Waals surface area contributed by atoms with Gasteiger partial charge < -0.3 is 19.9 Å². The summed E-state index contributed by atoms with van der Waals surface area (Å²) < 4.78 is 5.68. The number of anilines is 3. The largest absolute Gasteiger partial charge is 0.494 e. The molecule has 1 saturated heterocycles. The van der Waals surface area contributed by atoms with Crippen LogP contribution in [-0.4, -0.2) is 58.8 Å². The van der Waals surface area contributed by atoms with E-state index >= 15 is 0 Å². The molecule has 0 unspecified atom stereocenters. The Hall–Kier alpha value is -3.68. The first-order valence-corrected chi connectivity index (χ1v) is 11.0. The van der Waals surface area contributed by atoms with Crippen molar-refractivity contribution in [1.29, 1.82) is 0 Å². The molecule has 8 nitrogen and oxygen atoms in total. The van der Waals surface area contributed by atoms with Crippen molar-refractivity contribution in [2.45, 2.75) is 19.8 Å². The second kappa shape index (κ2) is 10.6. The van der Waals surface area contributed by atoms with Crippen LogP contribution in [-0.2, 0) is 0 Å². The third-order valence-electron chi connectivity index (χ3n) is 5.33. The molecule has 0 bridgehead atoms. The van der Waals surface area contributed by atoms with Crippen LogP contribution in [0.15, 0.2) is 60.8 Å². The molecule has 0 saturated carbocycles. The summed E-state index contributed by atoms with van der Waals surface area (Å²) in [6.45, 7) is 5.55. The number of aromatic nitrogens is 3. The molecule has 0 aliphatic carbocycles. The van der Waals surface area contributed by atoms with Crippen molar-refractivity contribution in [1.82, 2.24) is 20.1 Å². The van der Waals surface area contributed by atoms with E-state index in [1.54, 1.807) is 6.20 Å². The molecular weight excluding hydrogens is 404 g/mol. The minimum atomic E-state index is 0.0470. The molecule has 1 fully saturated rings. The molecule has 1 N–H and O–H groups in total. The molecule has 3 aromatic rings. The van der Waals surface area contributed by atoms with E-state index in [0.717, 1.165) is 30.2 Å². The Labute approximate surface area is 188 Å². The van der Waals surface area contributed by atoms with Gasteiger partial charge in [-0.1, -0.05) is 19.4 Å². The number of benzene rings is 1. The molecule has 1 aromatic carbocycles. The van der Waals surface area contributed by atoms with E-state index in [9.17, 15) is 4.79 Å². The maximum atomic E-state index is 12.9. The van der Waals surface area contributed by atoms with Gasteiger partial charge in [0.25, 0.3) is 5.91 Å². The molecule has 3 heterocycles. The summed E-state index contributed by atoms with van der Waals surface area (Å²) in [5, 5.41) is 11.7. The highest BCUT2D eigenvalue weighted by Crippen LogP contribution is 2.19. The number of pyridine rings is 1. The first-order valence-electron chi connectivity index (χ1n) is 11.0. The quantitative estimate of drug-likeness (QED) is 0.543.